The molecule has 116 valence electrons. The molecule has 5 nitrogen and oxygen atoms in total. The Morgan fingerprint density at radius 2 is 1.77 bits per heavy atom. The van der Waals surface area contributed by atoms with E-state index >= 15 is 0 Å². The van der Waals surface area contributed by atoms with Crippen LogP contribution in [0.2, 0.25) is 0 Å². The van der Waals surface area contributed by atoms with Crippen LogP contribution in [0.25, 0.3) is 0 Å². The third-order valence-electron chi connectivity index (χ3n) is 3.13. The van der Waals surface area contributed by atoms with Gasteiger partial charge in [-0.25, -0.2) is 4.79 Å². The van der Waals surface area contributed by atoms with E-state index in [1.165, 1.54) is 0 Å². The molecule has 0 aliphatic rings. The first-order valence-corrected chi connectivity index (χ1v) is 8.33. The van der Waals surface area contributed by atoms with Crippen molar-refractivity contribution >= 4 is 22.5 Å². The summed E-state index contributed by atoms with van der Waals surface area (Å²) in [5, 5.41) is 14.8. The zero-order chi connectivity index (χ0) is 15.9. The second kappa shape index (κ2) is 7.72. The Balaban J connectivity index is 1.98. The van der Waals surface area contributed by atoms with Gasteiger partial charge in [0.05, 0.1) is 12.6 Å². The Morgan fingerprint density at radius 3 is 2.32 bits per heavy atom. The first-order chi connectivity index (χ1) is 10.6. The molecule has 0 aliphatic heterocycles. The summed E-state index contributed by atoms with van der Waals surface area (Å²) in [7, 11) is -1.05. The molecule has 0 fully saturated rings. The zero-order valence-corrected chi connectivity index (χ0v) is 13.0. The van der Waals surface area contributed by atoms with E-state index < -0.39 is 22.9 Å². The first kappa shape index (κ1) is 16.2. The van der Waals surface area contributed by atoms with E-state index in [9.17, 15) is 14.1 Å². The Bertz CT molecular complexity index is 644. The van der Waals surface area contributed by atoms with Crippen LogP contribution in [0.5, 0.6) is 0 Å². The summed E-state index contributed by atoms with van der Waals surface area (Å²) in [6.07, 6.45) is 1.60. The number of urea groups is 1. The van der Waals surface area contributed by atoms with Crippen LogP contribution in [0.3, 0.4) is 0 Å². The number of amides is 2. The van der Waals surface area contributed by atoms with Crippen molar-refractivity contribution < 1.29 is 14.1 Å². The van der Waals surface area contributed by atoms with Crippen LogP contribution in [0.4, 0.5) is 10.5 Å². The minimum absolute atomic E-state index is 0.189. The third-order valence-corrected chi connectivity index (χ3v) is 4.07. The van der Waals surface area contributed by atoms with Crippen molar-refractivity contribution in [3.8, 4) is 0 Å². The maximum atomic E-state index is 12.0. The average Bonchev–Trinajstić information content (AvgIpc) is 2.54. The smallest absolute Gasteiger partial charge is 0.319 e. The van der Waals surface area contributed by atoms with Gasteiger partial charge >= 0.3 is 6.03 Å². The van der Waals surface area contributed by atoms with Crippen molar-refractivity contribution in [2.75, 3.05) is 18.2 Å². The summed E-state index contributed by atoms with van der Waals surface area (Å²) in [6, 6.07) is 15.1. The molecule has 2 aromatic carbocycles. The molecule has 0 bridgehead atoms. The quantitative estimate of drug-likeness (QED) is 0.791. The van der Waals surface area contributed by atoms with Gasteiger partial charge in [0.15, 0.2) is 0 Å². The van der Waals surface area contributed by atoms with E-state index in [4.69, 9.17) is 0 Å². The van der Waals surface area contributed by atoms with Gasteiger partial charge in [-0.3, -0.25) is 4.21 Å². The molecule has 0 aliphatic carbocycles. The lowest BCUT2D eigenvalue weighted by molar-refractivity contribution is 0.225. The maximum absolute atomic E-state index is 12.0. The van der Waals surface area contributed by atoms with Crippen LogP contribution in [0, 0.1) is 0 Å². The fourth-order valence-corrected chi connectivity index (χ4v) is 2.49. The summed E-state index contributed by atoms with van der Waals surface area (Å²) in [5.41, 5.74) is 1.42. The number of benzene rings is 2. The molecular formula is C16H18N2O3S. The van der Waals surface area contributed by atoms with Crippen molar-refractivity contribution in [2.45, 2.75) is 10.9 Å². The van der Waals surface area contributed by atoms with Crippen LogP contribution in [0.1, 0.15) is 11.6 Å². The molecule has 0 radical (unpaired) electrons. The number of hydrogen-bond donors (Lipinski definition) is 3. The minimum Gasteiger partial charge on any atom is -0.394 e. The van der Waals surface area contributed by atoms with Gasteiger partial charge < -0.3 is 15.7 Å². The Labute approximate surface area is 131 Å². The highest BCUT2D eigenvalue weighted by molar-refractivity contribution is 7.84. The van der Waals surface area contributed by atoms with Gasteiger partial charge in [-0.15, -0.1) is 0 Å². The largest absolute Gasteiger partial charge is 0.394 e. The molecule has 0 heterocycles. The summed E-state index contributed by atoms with van der Waals surface area (Å²) in [6.45, 7) is -0.189. The summed E-state index contributed by atoms with van der Waals surface area (Å²) in [4.78, 5) is 12.7. The van der Waals surface area contributed by atoms with Gasteiger partial charge in [0.1, 0.15) is 0 Å². The molecule has 22 heavy (non-hydrogen) atoms. The van der Waals surface area contributed by atoms with Gasteiger partial charge in [-0.2, -0.15) is 0 Å². The molecule has 1 unspecified atom stereocenters. The number of anilines is 1. The Hall–Kier alpha value is -2.18. The number of carbonyl (C=O) groups is 1. The number of nitrogens with one attached hydrogen (secondary N) is 2. The van der Waals surface area contributed by atoms with Crippen LogP contribution in [-0.4, -0.2) is 28.2 Å². The fraction of sp³-hybridized carbons (Fsp3) is 0.188. The van der Waals surface area contributed by atoms with Gasteiger partial charge in [0, 0.05) is 27.6 Å². The van der Waals surface area contributed by atoms with Gasteiger partial charge in [0.2, 0.25) is 0 Å². The van der Waals surface area contributed by atoms with Crippen molar-refractivity contribution in [3.05, 3.63) is 60.2 Å². The number of hydrogen-bond acceptors (Lipinski definition) is 3. The molecule has 0 spiro atoms. The van der Waals surface area contributed by atoms with Crippen LogP contribution >= 0.6 is 0 Å². The molecule has 6 heteroatoms. The monoisotopic (exact) mass is 318 g/mol. The predicted octanol–water partition coefficient (Wildman–Crippen LogP) is 2.28. The second-order valence-corrected chi connectivity index (χ2v) is 6.10. The summed E-state index contributed by atoms with van der Waals surface area (Å²) < 4.78 is 11.3. The fourth-order valence-electron chi connectivity index (χ4n) is 1.98. The second-order valence-electron chi connectivity index (χ2n) is 4.72. The Morgan fingerprint density at radius 1 is 1.14 bits per heavy atom. The minimum atomic E-state index is -1.05. The lowest BCUT2D eigenvalue weighted by atomic mass is 10.1. The zero-order valence-electron chi connectivity index (χ0n) is 12.2. The van der Waals surface area contributed by atoms with E-state index in [2.05, 4.69) is 10.6 Å². The SMILES string of the molecule is CS(=O)c1ccc(NC(=O)N[C@H](CO)c2ccccc2)cc1. The van der Waals surface area contributed by atoms with Crippen LogP contribution in [-0.2, 0) is 10.8 Å². The molecule has 2 aromatic rings. The summed E-state index contributed by atoms with van der Waals surface area (Å²) in [5.74, 6) is 0. The van der Waals surface area contributed by atoms with E-state index in [1.54, 1.807) is 30.5 Å². The van der Waals surface area contributed by atoms with Crippen LogP contribution < -0.4 is 10.6 Å². The van der Waals surface area contributed by atoms with Gasteiger partial charge in [-0.1, -0.05) is 30.3 Å². The van der Waals surface area contributed by atoms with Gasteiger partial charge in [0.25, 0.3) is 0 Å². The lowest BCUT2D eigenvalue weighted by Crippen LogP contribution is -2.34. The molecule has 0 saturated carbocycles. The number of carbonyl (C=O) groups excluding carboxylic acids is 1. The van der Waals surface area contributed by atoms with Gasteiger partial charge in [-0.05, 0) is 29.8 Å². The Kier molecular flexibility index (Phi) is 5.68. The normalized spacial score (nSPS) is 13.2. The maximum Gasteiger partial charge on any atom is 0.319 e. The topological polar surface area (TPSA) is 78.4 Å². The highest BCUT2D eigenvalue weighted by atomic mass is 32.2. The average molecular weight is 318 g/mol. The lowest BCUT2D eigenvalue weighted by Gasteiger charge is -2.17. The highest BCUT2D eigenvalue weighted by Gasteiger charge is 2.13. The molecular weight excluding hydrogens is 300 g/mol. The summed E-state index contributed by atoms with van der Waals surface area (Å²) >= 11 is 0. The highest BCUT2D eigenvalue weighted by Crippen LogP contribution is 2.14. The first-order valence-electron chi connectivity index (χ1n) is 6.77. The molecule has 0 aromatic heterocycles. The van der Waals surface area contributed by atoms with Crippen molar-refractivity contribution in [3.63, 3.8) is 0 Å². The molecule has 2 amide bonds. The van der Waals surface area contributed by atoms with E-state index in [1.807, 2.05) is 30.3 Å². The van der Waals surface area contributed by atoms with E-state index in [-0.39, 0.29) is 6.61 Å². The van der Waals surface area contributed by atoms with E-state index in [0.29, 0.717) is 10.6 Å². The standard InChI is InChI=1S/C16H18N2O3S/c1-22(21)14-9-7-13(8-10-14)17-16(20)18-15(11-19)12-5-3-2-4-6-12/h2-10,15,19H,11H2,1H3,(H2,17,18,20)/t15-,22?/m1/s1. The van der Waals surface area contributed by atoms with Crippen molar-refractivity contribution in [1.82, 2.24) is 5.32 Å². The van der Waals surface area contributed by atoms with Crippen molar-refractivity contribution in [2.24, 2.45) is 0 Å². The number of aliphatic hydroxyl groups excluding tert-OH is 1. The molecule has 0 saturated heterocycles. The van der Waals surface area contributed by atoms with Crippen molar-refractivity contribution in [1.29, 1.82) is 0 Å². The third kappa shape index (κ3) is 4.41. The number of rotatable bonds is 5. The number of aliphatic hydroxyl groups is 1. The molecule has 3 N–H and O–H groups in total. The predicted molar refractivity (Wildman–Crippen MR) is 87.2 cm³/mol. The molecule has 2 atom stereocenters. The van der Waals surface area contributed by atoms with Crippen LogP contribution in [0.15, 0.2) is 59.5 Å². The van der Waals surface area contributed by atoms with E-state index in [0.717, 1.165) is 5.56 Å². The molecule has 2 rings (SSSR count).